The highest BCUT2D eigenvalue weighted by Gasteiger charge is 2.27. The molecule has 1 N–H and O–H groups in total. The number of hydrogen-bond acceptors (Lipinski definition) is 2. The van der Waals surface area contributed by atoms with Crippen molar-refractivity contribution in [1.29, 1.82) is 0 Å². The minimum absolute atomic E-state index is 0.0314. The van der Waals surface area contributed by atoms with Crippen LogP contribution in [0.1, 0.15) is 24.8 Å². The van der Waals surface area contributed by atoms with Crippen molar-refractivity contribution in [3.05, 3.63) is 33.3 Å². The maximum atomic E-state index is 12.4. The molecule has 1 saturated heterocycles. The van der Waals surface area contributed by atoms with E-state index in [0.29, 0.717) is 18.1 Å². The Morgan fingerprint density at radius 3 is 3.05 bits per heavy atom. The molecular weight excluding hydrogens is 352 g/mol. The topological polar surface area (TPSA) is 32.3 Å². The first kappa shape index (κ1) is 16.4. The Bertz CT molecular complexity index is 556. The van der Waals surface area contributed by atoms with Crippen LogP contribution in [0.5, 0.6) is 0 Å². The van der Waals surface area contributed by atoms with Crippen LogP contribution in [0.3, 0.4) is 0 Å². The zero-order valence-electron chi connectivity index (χ0n) is 11.7. The van der Waals surface area contributed by atoms with Crippen LogP contribution in [0.2, 0.25) is 5.02 Å². The van der Waals surface area contributed by atoms with E-state index in [0.717, 1.165) is 35.8 Å². The van der Waals surface area contributed by atoms with Gasteiger partial charge in [0.2, 0.25) is 5.91 Å². The quantitative estimate of drug-likeness (QED) is 0.827. The Balaban J connectivity index is 1.95. The van der Waals surface area contributed by atoms with Crippen molar-refractivity contribution >= 4 is 33.4 Å². The van der Waals surface area contributed by atoms with E-state index in [-0.39, 0.29) is 11.9 Å². The Kier molecular flexibility index (Phi) is 6.10. The van der Waals surface area contributed by atoms with Crippen molar-refractivity contribution in [3.8, 4) is 12.3 Å². The minimum atomic E-state index is -0.121. The number of nitrogens with zero attached hydrogens (tertiary/aromatic N) is 1. The summed E-state index contributed by atoms with van der Waals surface area (Å²) in [6.45, 7) is 1.85. The zero-order chi connectivity index (χ0) is 15.2. The standard InChI is InChI=1S/C16H18BrClN2O/c1-2-8-20-9-4-3-5-15(20)16(21)19-11-12-6-7-13(17)10-14(12)18/h1,6-7,10,15H,3-5,8-9,11H2,(H,19,21). The largest absolute Gasteiger partial charge is 0.351 e. The molecule has 0 spiro atoms. The van der Waals surface area contributed by atoms with Crippen LogP contribution in [0.25, 0.3) is 0 Å². The number of piperidine rings is 1. The molecule has 21 heavy (non-hydrogen) atoms. The molecule has 1 unspecified atom stereocenters. The van der Waals surface area contributed by atoms with Gasteiger partial charge in [0.25, 0.3) is 0 Å². The molecule has 0 aromatic heterocycles. The first-order chi connectivity index (χ1) is 10.1. The Morgan fingerprint density at radius 2 is 2.33 bits per heavy atom. The van der Waals surface area contributed by atoms with Crippen LogP contribution in [0, 0.1) is 12.3 Å². The lowest BCUT2D eigenvalue weighted by Gasteiger charge is -2.33. The third-order valence-electron chi connectivity index (χ3n) is 3.68. The molecule has 1 aliphatic rings. The highest BCUT2D eigenvalue weighted by Crippen LogP contribution is 2.21. The van der Waals surface area contributed by atoms with Crippen LogP contribution in [-0.2, 0) is 11.3 Å². The molecule has 3 nitrogen and oxygen atoms in total. The van der Waals surface area contributed by atoms with Crippen LogP contribution >= 0.6 is 27.5 Å². The average Bonchev–Trinajstić information content (AvgIpc) is 2.47. The first-order valence-corrected chi connectivity index (χ1v) is 8.18. The van der Waals surface area contributed by atoms with Crippen molar-refractivity contribution in [1.82, 2.24) is 10.2 Å². The van der Waals surface area contributed by atoms with Gasteiger partial charge in [-0.25, -0.2) is 0 Å². The van der Waals surface area contributed by atoms with E-state index >= 15 is 0 Å². The molecule has 1 heterocycles. The van der Waals surface area contributed by atoms with Gasteiger partial charge >= 0.3 is 0 Å². The number of hydrogen-bond donors (Lipinski definition) is 1. The summed E-state index contributed by atoms with van der Waals surface area (Å²) in [5, 5.41) is 3.62. The van der Waals surface area contributed by atoms with Gasteiger partial charge in [-0.1, -0.05) is 45.9 Å². The van der Waals surface area contributed by atoms with Gasteiger partial charge in [0.1, 0.15) is 0 Å². The predicted molar refractivity (Wildman–Crippen MR) is 89.0 cm³/mol. The van der Waals surface area contributed by atoms with Gasteiger partial charge in [0, 0.05) is 16.0 Å². The van der Waals surface area contributed by atoms with Gasteiger partial charge in [-0.3, -0.25) is 9.69 Å². The fourth-order valence-electron chi connectivity index (χ4n) is 2.56. The molecule has 5 heteroatoms. The van der Waals surface area contributed by atoms with E-state index in [1.807, 2.05) is 18.2 Å². The molecule has 1 aromatic carbocycles. The van der Waals surface area contributed by atoms with E-state index in [9.17, 15) is 4.79 Å². The number of carbonyl (C=O) groups is 1. The van der Waals surface area contributed by atoms with Crippen molar-refractivity contribution in [2.24, 2.45) is 0 Å². The van der Waals surface area contributed by atoms with Crippen LogP contribution < -0.4 is 5.32 Å². The number of benzene rings is 1. The molecule has 0 radical (unpaired) electrons. The van der Waals surface area contributed by atoms with E-state index < -0.39 is 0 Å². The molecule has 112 valence electrons. The lowest BCUT2D eigenvalue weighted by atomic mass is 10.0. The van der Waals surface area contributed by atoms with Crippen molar-refractivity contribution in [2.75, 3.05) is 13.1 Å². The predicted octanol–water partition coefficient (Wildman–Crippen LogP) is 3.21. The number of nitrogens with one attached hydrogen (secondary N) is 1. The monoisotopic (exact) mass is 368 g/mol. The maximum absolute atomic E-state index is 12.4. The second kappa shape index (κ2) is 7.84. The molecule has 0 aliphatic carbocycles. The highest BCUT2D eigenvalue weighted by molar-refractivity contribution is 9.10. The molecule has 1 aromatic rings. The van der Waals surface area contributed by atoms with E-state index in [4.69, 9.17) is 18.0 Å². The van der Waals surface area contributed by atoms with Gasteiger partial charge in [-0.2, -0.15) is 0 Å². The van der Waals surface area contributed by atoms with Crippen LogP contribution in [0.4, 0.5) is 0 Å². The summed E-state index contributed by atoms with van der Waals surface area (Å²) in [7, 11) is 0. The van der Waals surface area contributed by atoms with Crippen molar-refractivity contribution < 1.29 is 4.79 Å². The number of carbonyl (C=O) groups excluding carboxylic acids is 1. The third-order valence-corrected chi connectivity index (χ3v) is 4.52. The summed E-state index contributed by atoms with van der Waals surface area (Å²) in [6, 6.07) is 5.53. The summed E-state index contributed by atoms with van der Waals surface area (Å²) in [6.07, 6.45) is 8.41. The Hall–Kier alpha value is -1.02. The Labute approximate surface area is 139 Å². The molecule has 0 saturated carbocycles. The van der Waals surface area contributed by atoms with Gasteiger partial charge in [-0.15, -0.1) is 6.42 Å². The van der Waals surface area contributed by atoms with Gasteiger partial charge < -0.3 is 5.32 Å². The van der Waals surface area contributed by atoms with E-state index in [2.05, 4.69) is 32.1 Å². The van der Waals surface area contributed by atoms with Crippen LogP contribution in [-0.4, -0.2) is 29.9 Å². The molecular formula is C16H18BrClN2O. The second-order valence-electron chi connectivity index (χ2n) is 5.14. The van der Waals surface area contributed by atoms with Gasteiger partial charge in [0.15, 0.2) is 0 Å². The van der Waals surface area contributed by atoms with Gasteiger partial charge in [0.05, 0.1) is 12.6 Å². The first-order valence-electron chi connectivity index (χ1n) is 7.01. The molecule has 0 bridgehead atoms. The molecule has 1 atom stereocenters. The van der Waals surface area contributed by atoms with Gasteiger partial charge in [-0.05, 0) is 37.1 Å². The lowest BCUT2D eigenvalue weighted by Crippen LogP contribution is -2.49. The van der Waals surface area contributed by atoms with E-state index in [1.165, 1.54) is 0 Å². The number of rotatable bonds is 4. The normalized spacial score (nSPS) is 19.0. The summed E-state index contributed by atoms with van der Waals surface area (Å²) >= 11 is 9.53. The summed E-state index contributed by atoms with van der Waals surface area (Å²) in [4.78, 5) is 14.4. The maximum Gasteiger partial charge on any atom is 0.237 e. The van der Waals surface area contributed by atoms with Crippen molar-refractivity contribution in [2.45, 2.75) is 31.8 Å². The fraction of sp³-hybridized carbons (Fsp3) is 0.438. The zero-order valence-corrected chi connectivity index (χ0v) is 14.1. The summed E-state index contributed by atoms with van der Waals surface area (Å²) < 4.78 is 0.926. The second-order valence-corrected chi connectivity index (χ2v) is 6.46. The highest BCUT2D eigenvalue weighted by atomic mass is 79.9. The molecule has 1 fully saturated rings. The minimum Gasteiger partial charge on any atom is -0.351 e. The smallest absolute Gasteiger partial charge is 0.237 e. The molecule has 2 rings (SSSR count). The Morgan fingerprint density at radius 1 is 1.52 bits per heavy atom. The number of terminal acetylenes is 1. The molecule has 1 amide bonds. The molecule has 1 aliphatic heterocycles. The van der Waals surface area contributed by atoms with E-state index in [1.54, 1.807) is 0 Å². The number of likely N-dealkylation sites (tertiary alicyclic amines) is 1. The van der Waals surface area contributed by atoms with Crippen LogP contribution in [0.15, 0.2) is 22.7 Å². The number of amides is 1. The SMILES string of the molecule is C#CCN1CCCCC1C(=O)NCc1ccc(Br)cc1Cl. The summed E-state index contributed by atoms with van der Waals surface area (Å²) in [5.41, 5.74) is 0.910. The fourth-order valence-corrected chi connectivity index (χ4v) is 3.30. The third kappa shape index (κ3) is 4.47. The lowest BCUT2D eigenvalue weighted by molar-refractivity contribution is -0.127. The summed E-state index contributed by atoms with van der Waals surface area (Å²) in [5.74, 6) is 2.66. The number of halogens is 2. The van der Waals surface area contributed by atoms with Crippen molar-refractivity contribution in [3.63, 3.8) is 0 Å². The average molecular weight is 370 g/mol.